The second kappa shape index (κ2) is 7.61. The van der Waals surface area contributed by atoms with Crippen molar-refractivity contribution in [3.63, 3.8) is 0 Å². The highest BCUT2D eigenvalue weighted by molar-refractivity contribution is 9.10. The van der Waals surface area contributed by atoms with Crippen LogP contribution in [-0.4, -0.2) is 42.3 Å². The summed E-state index contributed by atoms with van der Waals surface area (Å²) < 4.78 is 38.1. The third-order valence-electron chi connectivity index (χ3n) is 4.66. The molecule has 0 spiro atoms. The summed E-state index contributed by atoms with van der Waals surface area (Å²) in [7, 11) is -3.11. The normalized spacial score (nSPS) is 24.5. The van der Waals surface area contributed by atoms with Gasteiger partial charge in [0, 0.05) is 15.4 Å². The minimum absolute atomic E-state index is 0.0475. The third kappa shape index (κ3) is 4.16. The summed E-state index contributed by atoms with van der Waals surface area (Å²) in [6.07, 6.45) is 0.0617. The van der Waals surface area contributed by atoms with E-state index in [0.29, 0.717) is 10.7 Å². The zero-order chi connectivity index (χ0) is 19.9. The van der Waals surface area contributed by atoms with Crippen LogP contribution in [-0.2, 0) is 21.1 Å². The van der Waals surface area contributed by atoms with Crippen molar-refractivity contribution >= 4 is 54.3 Å². The number of aliphatic imine (C=N–C) groups is 1. The van der Waals surface area contributed by atoms with Crippen LogP contribution < -0.4 is 4.90 Å². The van der Waals surface area contributed by atoms with E-state index in [1.165, 1.54) is 23.9 Å². The first-order chi connectivity index (χ1) is 13.3. The number of amides is 1. The highest BCUT2D eigenvalue weighted by Gasteiger charge is 2.49. The molecule has 0 bridgehead atoms. The molecule has 4 rings (SSSR count). The van der Waals surface area contributed by atoms with Crippen molar-refractivity contribution < 1.29 is 17.6 Å². The van der Waals surface area contributed by atoms with Gasteiger partial charge in [-0.25, -0.2) is 12.8 Å². The fourth-order valence-corrected chi connectivity index (χ4v) is 7.59. The number of sulfone groups is 1. The average Bonchev–Trinajstić information content (AvgIpc) is 3.09. The lowest BCUT2D eigenvalue weighted by atomic mass is 10.1. The molecule has 0 unspecified atom stereocenters. The number of hydrogen-bond acceptors (Lipinski definition) is 4. The number of amidine groups is 1. The number of halogens is 2. The molecule has 0 N–H and O–H groups in total. The molecule has 1 amide bonds. The zero-order valence-corrected chi connectivity index (χ0v) is 17.8. The molecule has 2 aromatic carbocycles. The summed E-state index contributed by atoms with van der Waals surface area (Å²) >= 11 is 4.73. The maximum atomic E-state index is 13.0. The Morgan fingerprint density at radius 3 is 2.50 bits per heavy atom. The SMILES string of the molecule is O=C(Cc1ccc(F)cc1)N=C1S[C@@H]2CS(=O)(=O)C[C@H]2N1c1ccc(Br)cc1. The van der Waals surface area contributed by atoms with Gasteiger partial charge in [0.2, 0.25) is 0 Å². The number of rotatable bonds is 3. The molecular formula is C19H16BrFN2O3S2. The van der Waals surface area contributed by atoms with E-state index in [9.17, 15) is 17.6 Å². The molecule has 9 heteroatoms. The lowest BCUT2D eigenvalue weighted by Gasteiger charge is -2.24. The van der Waals surface area contributed by atoms with Crippen LogP contribution in [0.5, 0.6) is 0 Å². The van der Waals surface area contributed by atoms with Gasteiger partial charge < -0.3 is 4.90 Å². The largest absolute Gasteiger partial charge is 0.316 e. The first-order valence-electron chi connectivity index (χ1n) is 8.58. The van der Waals surface area contributed by atoms with Crippen molar-refractivity contribution in [2.24, 2.45) is 4.99 Å². The summed E-state index contributed by atoms with van der Waals surface area (Å²) in [5, 5.41) is 0.366. The molecular weight excluding hydrogens is 467 g/mol. The fraction of sp³-hybridized carbons (Fsp3) is 0.263. The molecule has 0 aromatic heterocycles. The third-order valence-corrected chi connectivity index (χ3v) is 8.40. The average molecular weight is 483 g/mol. The lowest BCUT2D eigenvalue weighted by molar-refractivity contribution is -0.117. The molecule has 0 saturated carbocycles. The second-order valence-corrected chi connectivity index (χ2v) is 11.0. The Labute approximate surface area is 175 Å². The molecule has 5 nitrogen and oxygen atoms in total. The van der Waals surface area contributed by atoms with Crippen LogP contribution in [0.25, 0.3) is 0 Å². The van der Waals surface area contributed by atoms with E-state index in [0.717, 1.165) is 10.2 Å². The molecule has 2 saturated heterocycles. The van der Waals surface area contributed by atoms with Crippen LogP contribution in [0.1, 0.15) is 5.56 Å². The van der Waals surface area contributed by atoms with Gasteiger partial charge in [-0.1, -0.05) is 39.8 Å². The predicted octanol–water partition coefficient (Wildman–Crippen LogP) is 3.43. The number of hydrogen-bond donors (Lipinski definition) is 0. The molecule has 2 aliphatic rings. The van der Waals surface area contributed by atoms with E-state index in [-0.39, 0.29) is 40.9 Å². The fourth-order valence-electron chi connectivity index (χ4n) is 3.39. The van der Waals surface area contributed by atoms with E-state index in [4.69, 9.17) is 0 Å². The number of benzene rings is 2. The predicted molar refractivity (Wildman–Crippen MR) is 113 cm³/mol. The minimum Gasteiger partial charge on any atom is -0.316 e. The van der Waals surface area contributed by atoms with E-state index in [1.807, 2.05) is 29.2 Å². The van der Waals surface area contributed by atoms with Crippen LogP contribution in [0.2, 0.25) is 0 Å². The van der Waals surface area contributed by atoms with Crippen molar-refractivity contribution in [1.29, 1.82) is 0 Å². The first kappa shape index (κ1) is 19.6. The van der Waals surface area contributed by atoms with E-state index >= 15 is 0 Å². The molecule has 2 aromatic rings. The van der Waals surface area contributed by atoms with Crippen molar-refractivity contribution in [1.82, 2.24) is 0 Å². The molecule has 146 valence electrons. The van der Waals surface area contributed by atoms with Gasteiger partial charge in [-0.3, -0.25) is 4.79 Å². The van der Waals surface area contributed by atoms with Gasteiger partial charge in [0.05, 0.1) is 24.0 Å². The summed E-state index contributed by atoms with van der Waals surface area (Å²) in [5.74, 6) is -0.574. The van der Waals surface area contributed by atoms with Crippen molar-refractivity contribution in [3.8, 4) is 0 Å². The molecule has 0 aliphatic carbocycles. The van der Waals surface area contributed by atoms with Gasteiger partial charge >= 0.3 is 0 Å². The molecule has 2 fully saturated rings. The monoisotopic (exact) mass is 482 g/mol. The molecule has 28 heavy (non-hydrogen) atoms. The van der Waals surface area contributed by atoms with Gasteiger partial charge in [0.25, 0.3) is 5.91 Å². The number of nitrogens with zero attached hydrogens (tertiary/aromatic N) is 2. The smallest absolute Gasteiger partial charge is 0.252 e. The maximum Gasteiger partial charge on any atom is 0.252 e. The van der Waals surface area contributed by atoms with Crippen molar-refractivity contribution in [3.05, 3.63) is 64.4 Å². The number of carbonyl (C=O) groups is 1. The van der Waals surface area contributed by atoms with Crippen LogP contribution in [0.4, 0.5) is 10.1 Å². The highest BCUT2D eigenvalue weighted by Crippen LogP contribution is 2.41. The Morgan fingerprint density at radius 1 is 1.14 bits per heavy atom. The van der Waals surface area contributed by atoms with Gasteiger partial charge in [0.1, 0.15) is 5.82 Å². The highest BCUT2D eigenvalue weighted by atomic mass is 79.9. The zero-order valence-electron chi connectivity index (χ0n) is 14.6. The number of fused-ring (bicyclic) bond motifs is 1. The van der Waals surface area contributed by atoms with Crippen LogP contribution in [0, 0.1) is 5.82 Å². The number of thioether (sulfide) groups is 1. The summed E-state index contributed by atoms with van der Waals surface area (Å²) in [6, 6.07) is 13.0. The Hall–Kier alpha value is -1.71. The van der Waals surface area contributed by atoms with Crippen LogP contribution in [0.3, 0.4) is 0 Å². The standard InChI is InChI=1S/C19H16BrFN2O3S2/c20-13-3-7-15(8-4-13)23-16-10-28(25,26)11-17(16)27-19(23)22-18(24)9-12-1-5-14(21)6-2-12/h1-8,16-17H,9-11H2/t16-,17-/m1/s1. The van der Waals surface area contributed by atoms with Gasteiger partial charge in [0.15, 0.2) is 15.0 Å². The quantitative estimate of drug-likeness (QED) is 0.670. The lowest BCUT2D eigenvalue weighted by Crippen LogP contribution is -2.37. The van der Waals surface area contributed by atoms with Gasteiger partial charge in [-0.05, 0) is 42.0 Å². The Kier molecular flexibility index (Phi) is 5.32. The van der Waals surface area contributed by atoms with Crippen LogP contribution >= 0.6 is 27.7 Å². The van der Waals surface area contributed by atoms with Gasteiger partial charge in [-0.15, -0.1) is 0 Å². The second-order valence-electron chi connectivity index (χ2n) is 6.74. The van der Waals surface area contributed by atoms with Crippen molar-refractivity contribution in [2.45, 2.75) is 17.7 Å². The molecule has 2 aliphatic heterocycles. The number of carbonyl (C=O) groups excluding carboxylic acids is 1. The van der Waals surface area contributed by atoms with E-state index < -0.39 is 9.84 Å². The van der Waals surface area contributed by atoms with E-state index in [1.54, 1.807) is 12.1 Å². The summed E-state index contributed by atoms with van der Waals surface area (Å²) in [6.45, 7) is 0. The van der Waals surface area contributed by atoms with Crippen LogP contribution in [0.15, 0.2) is 58.0 Å². The van der Waals surface area contributed by atoms with Crippen molar-refractivity contribution in [2.75, 3.05) is 16.4 Å². The molecule has 2 heterocycles. The Balaban J connectivity index is 1.62. The Morgan fingerprint density at radius 2 is 1.82 bits per heavy atom. The van der Waals surface area contributed by atoms with Gasteiger partial charge in [-0.2, -0.15) is 4.99 Å². The topological polar surface area (TPSA) is 66.8 Å². The molecule has 0 radical (unpaired) electrons. The number of anilines is 1. The molecule has 2 atom stereocenters. The maximum absolute atomic E-state index is 13.0. The summed E-state index contributed by atoms with van der Waals surface area (Å²) in [4.78, 5) is 18.6. The van der Waals surface area contributed by atoms with E-state index in [2.05, 4.69) is 20.9 Å². The first-order valence-corrected chi connectivity index (χ1v) is 12.1. The minimum atomic E-state index is -3.11. The Bertz CT molecular complexity index is 1040. The summed E-state index contributed by atoms with van der Waals surface area (Å²) in [5.41, 5.74) is 1.48.